The Morgan fingerprint density at radius 1 is 0.810 bits per heavy atom. The quantitative estimate of drug-likeness (QED) is 0.720. The normalized spacial score (nSPS) is 22.9. The molecule has 6 heteroatoms. The second kappa shape index (κ2) is 7.15. The topological polar surface area (TPSA) is 37.7 Å². The van der Waals surface area contributed by atoms with Crippen molar-refractivity contribution in [2.45, 2.75) is 6.42 Å². The van der Waals surface area contributed by atoms with Crippen LogP contribution in [0.5, 0.6) is 0 Å². The Morgan fingerprint density at radius 2 is 1.24 bits per heavy atom. The zero-order chi connectivity index (χ0) is 15.2. The minimum atomic E-state index is 0.803. The first-order valence-corrected chi connectivity index (χ1v) is 7.39. The maximum atomic E-state index is 4.67. The van der Waals surface area contributed by atoms with Crippen LogP contribution < -0.4 is 0 Å². The maximum absolute atomic E-state index is 4.67. The van der Waals surface area contributed by atoms with Gasteiger partial charge in [-0.15, -0.1) is 0 Å². The summed E-state index contributed by atoms with van der Waals surface area (Å²) in [4.78, 5) is 17.8. The third kappa shape index (κ3) is 4.00. The van der Waals surface area contributed by atoms with Crippen molar-refractivity contribution in [3.8, 4) is 0 Å². The second-order valence-electron chi connectivity index (χ2n) is 5.47. The molecule has 0 aliphatic carbocycles. The fourth-order valence-electron chi connectivity index (χ4n) is 2.46. The van der Waals surface area contributed by atoms with Crippen molar-refractivity contribution in [2.24, 2.45) is 9.98 Å². The highest BCUT2D eigenvalue weighted by Crippen LogP contribution is 2.04. The highest BCUT2D eigenvalue weighted by Gasteiger charge is 2.13. The zero-order valence-electron chi connectivity index (χ0n) is 13.5. The molecular formula is C15H26N6. The van der Waals surface area contributed by atoms with Gasteiger partial charge in [-0.2, -0.15) is 0 Å². The first kappa shape index (κ1) is 15.4. The molecule has 0 radical (unpaired) electrons. The van der Waals surface area contributed by atoms with Crippen LogP contribution in [-0.2, 0) is 0 Å². The molecule has 0 aromatic carbocycles. The summed E-state index contributed by atoms with van der Waals surface area (Å²) in [6.07, 6.45) is 9.36. The summed E-state index contributed by atoms with van der Waals surface area (Å²) in [6, 6.07) is 0. The Morgan fingerprint density at radius 3 is 1.62 bits per heavy atom. The average Bonchev–Trinajstić information content (AvgIpc) is 2.44. The van der Waals surface area contributed by atoms with E-state index in [1.807, 2.05) is 14.1 Å². The fraction of sp³-hybridized carbons (Fsp3) is 0.600. The average molecular weight is 290 g/mol. The van der Waals surface area contributed by atoms with Gasteiger partial charge in [0.15, 0.2) is 11.9 Å². The maximum Gasteiger partial charge on any atom is 0.200 e. The van der Waals surface area contributed by atoms with Crippen molar-refractivity contribution < 1.29 is 0 Å². The number of aliphatic imine (C=N–C) groups is 2. The van der Waals surface area contributed by atoms with Crippen molar-refractivity contribution in [3.63, 3.8) is 0 Å². The molecule has 0 bridgehead atoms. The monoisotopic (exact) mass is 290 g/mol. The summed E-state index contributed by atoms with van der Waals surface area (Å²) in [6.45, 7) is 3.45. The van der Waals surface area contributed by atoms with Gasteiger partial charge in [-0.05, 0) is 18.6 Å². The molecule has 0 saturated heterocycles. The highest BCUT2D eigenvalue weighted by molar-refractivity contribution is 5.82. The molecule has 0 spiro atoms. The lowest BCUT2D eigenvalue weighted by molar-refractivity contribution is 0.446. The molecule has 2 aliphatic rings. The van der Waals surface area contributed by atoms with E-state index in [0.29, 0.717) is 0 Å². The number of likely N-dealkylation sites (N-methyl/N-ethyl adjacent to an activating group) is 2. The molecule has 0 saturated carbocycles. The van der Waals surface area contributed by atoms with E-state index in [2.05, 4.69) is 68.2 Å². The summed E-state index contributed by atoms with van der Waals surface area (Å²) >= 11 is 0. The molecule has 2 heterocycles. The van der Waals surface area contributed by atoms with Gasteiger partial charge < -0.3 is 19.6 Å². The van der Waals surface area contributed by atoms with Crippen LogP contribution in [0.25, 0.3) is 0 Å². The van der Waals surface area contributed by atoms with E-state index in [4.69, 9.17) is 0 Å². The molecule has 0 fully saturated rings. The van der Waals surface area contributed by atoms with E-state index in [0.717, 1.165) is 44.5 Å². The predicted molar refractivity (Wildman–Crippen MR) is 88.3 cm³/mol. The van der Waals surface area contributed by atoms with Crippen LogP contribution >= 0.6 is 0 Å². The minimum absolute atomic E-state index is 0.803. The van der Waals surface area contributed by atoms with Crippen molar-refractivity contribution in [1.82, 2.24) is 19.6 Å². The van der Waals surface area contributed by atoms with Crippen LogP contribution in [0.2, 0.25) is 0 Å². The first-order chi connectivity index (χ1) is 10.1. The highest BCUT2D eigenvalue weighted by atomic mass is 15.4. The van der Waals surface area contributed by atoms with Gasteiger partial charge in [0.05, 0.1) is 0 Å². The molecular weight excluding hydrogens is 264 g/mol. The zero-order valence-corrected chi connectivity index (χ0v) is 13.5. The molecule has 2 rings (SSSR count). The Bertz CT molecular complexity index is 423. The minimum Gasteiger partial charge on any atom is -0.342 e. The number of rotatable bonds is 4. The van der Waals surface area contributed by atoms with Gasteiger partial charge in [0.1, 0.15) is 0 Å². The molecule has 6 nitrogen and oxygen atoms in total. The molecule has 0 amide bonds. The Kier molecular flexibility index (Phi) is 5.25. The Balaban J connectivity index is 1.82. The van der Waals surface area contributed by atoms with Crippen LogP contribution in [-0.4, -0.2) is 85.9 Å². The van der Waals surface area contributed by atoms with Crippen molar-refractivity contribution >= 4 is 11.9 Å². The second-order valence-corrected chi connectivity index (χ2v) is 5.47. The van der Waals surface area contributed by atoms with Gasteiger partial charge in [0.2, 0.25) is 0 Å². The lowest BCUT2D eigenvalue weighted by atomic mass is 10.4. The summed E-state index contributed by atoms with van der Waals surface area (Å²) in [5, 5.41) is 0. The third-order valence-corrected chi connectivity index (χ3v) is 3.55. The van der Waals surface area contributed by atoms with E-state index < -0.39 is 0 Å². The summed E-state index contributed by atoms with van der Waals surface area (Å²) in [5.41, 5.74) is 0. The van der Waals surface area contributed by atoms with Crippen LogP contribution in [0.3, 0.4) is 0 Å². The standard InChI is InChI=1S/C15H26N6/c1-18-10-6-11-19(2)14(18)16-8-5-9-17-15-20(3)12-7-13-21(15)4/h6-7,10,12H,5,8-9,11,13H2,1-4H3. The van der Waals surface area contributed by atoms with Crippen molar-refractivity contribution in [2.75, 3.05) is 54.4 Å². The molecule has 0 aromatic heterocycles. The SMILES string of the molecule is CN1C=CCN(C)C1=NCCCN=C1N(C)C=CCN1C. The van der Waals surface area contributed by atoms with Crippen LogP contribution in [0.1, 0.15) is 6.42 Å². The summed E-state index contributed by atoms with van der Waals surface area (Å²) in [7, 11) is 8.20. The smallest absolute Gasteiger partial charge is 0.200 e. The molecule has 116 valence electrons. The van der Waals surface area contributed by atoms with E-state index in [1.54, 1.807) is 0 Å². The number of nitrogens with zero attached hydrogens (tertiary/aromatic N) is 6. The lowest BCUT2D eigenvalue weighted by Gasteiger charge is -2.30. The number of hydrogen-bond acceptors (Lipinski definition) is 2. The van der Waals surface area contributed by atoms with Crippen molar-refractivity contribution in [3.05, 3.63) is 24.6 Å². The summed E-state index contributed by atoms with van der Waals surface area (Å²) in [5.74, 6) is 2.06. The van der Waals surface area contributed by atoms with Crippen LogP contribution in [0.15, 0.2) is 34.5 Å². The Hall–Kier alpha value is -1.98. The van der Waals surface area contributed by atoms with E-state index in [9.17, 15) is 0 Å². The van der Waals surface area contributed by atoms with Crippen LogP contribution in [0.4, 0.5) is 0 Å². The molecule has 0 unspecified atom stereocenters. The molecule has 21 heavy (non-hydrogen) atoms. The van der Waals surface area contributed by atoms with E-state index >= 15 is 0 Å². The van der Waals surface area contributed by atoms with Crippen molar-refractivity contribution in [1.29, 1.82) is 0 Å². The van der Waals surface area contributed by atoms with E-state index in [1.165, 1.54) is 0 Å². The van der Waals surface area contributed by atoms with Crippen LogP contribution in [0, 0.1) is 0 Å². The van der Waals surface area contributed by atoms with Gasteiger partial charge in [-0.3, -0.25) is 9.98 Å². The number of guanidine groups is 2. The molecule has 0 aromatic rings. The number of hydrogen-bond donors (Lipinski definition) is 0. The van der Waals surface area contributed by atoms with Gasteiger partial charge in [-0.1, -0.05) is 0 Å². The molecule has 0 N–H and O–H groups in total. The van der Waals surface area contributed by atoms with Gasteiger partial charge in [0.25, 0.3) is 0 Å². The predicted octanol–water partition coefficient (Wildman–Crippen LogP) is 0.870. The van der Waals surface area contributed by atoms with E-state index in [-0.39, 0.29) is 0 Å². The lowest BCUT2D eigenvalue weighted by Crippen LogP contribution is -2.41. The first-order valence-electron chi connectivity index (χ1n) is 7.39. The van der Waals surface area contributed by atoms with Gasteiger partial charge in [0, 0.05) is 66.8 Å². The summed E-state index contributed by atoms with van der Waals surface area (Å²) < 4.78 is 0. The van der Waals surface area contributed by atoms with Gasteiger partial charge >= 0.3 is 0 Å². The largest absolute Gasteiger partial charge is 0.342 e. The van der Waals surface area contributed by atoms with Gasteiger partial charge in [-0.25, -0.2) is 0 Å². The fourth-order valence-corrected chi connectivity index (χ4v) is 2.46. The molecule has 2 aliphatic heterocycles. The third-order valence-electron chi connectivity index (χ3n) is 3.55. The molecule has 0 atom stereocenters. The Labute approximate surface area is 127 Å².